The Bertz CT molecular complexity index is 1100. The van der Waals surface area contributed by atoms with Crippen LogP contribution in [0.2, 0.25) is 0 Å². The van der Waals surface area contributed by atoms with Gasteiger partial charge in [-0.1, -0.05) is 30.3 Å². The monoisotopic (exact) mass is 461 g/mol. The molecule has 1 N–H and O–H groups in total. The molecule has 0 saturated carbocycles. The number of aromatic nitrogens is 1. The number of benzene rings is 2. The number of rotatable bonds is 12. The van der Waals surface area contributed by atoms with Gasteiger partial charge in [0.15, 0.2) is 0 Å². The van der Waals surface area contributed by atoms with Gasteiger partial charge in [-0.2, -0.15) is 0 Å². The average Bonchev–Trinajstić information content (AvgIpc) is 2.86. The number of carboxylic acids is 1. The van der Waals surface area contributed by atoms with Crippen molar-refractivity contribution in [3.05, 3.63) is 84.2 Å². The van der Waals surface area contributed by atoms with Gasteiger partial charge in [-0.05, 0) is 74.6 Å². The quantitative estimate of drug-likeness (QED) is 0.344. The molecule has 0 aliphatic heterocycles. The van der Waals surface area contributed by atoms with E-state index in [-0.39, 0.29) is 18.4 Å². The molecule has 0 aliphatic carbocycles. The van der Waals surface area contributed by atoms with Gasteiger partial charge in [-0.15, -0.1) is 0 Å². The van der Waals surface area contributed by atoms with Crippen LogP contribution in [0.5, 0.6) is 5.75 Å². The van der Waals surface area contributed by atoms with E-state index in [1.54, 1.807) is 35.5 Å². The van der Waals surface area contributed by atoms with Crippen molar-refractivity contribution in [1.82, 2.24) is 9.88 Å². The van der Waals surface area contributed by atoms with E-state index in [0.717, 1.165) is 24.0 Å². The number of aliphatic carboxylic acids is 1. The lowest BCUT2D eigenvalue weighted by Gasteiger charge is -2.28. The van der Waals surface area contributed by atoms with Crippen LogP contribution in [0.1, 0.15) is 56.8 Å². The molecule has 1 amide bonds. The first-order valence-electron chi connectivity index (χ1n) is 12.1. The van der Waals surface area contributed by atoms with Crippen LogP contribution in [0.15, 0.2) is 73.1 Å². The molecule has 34 heavy (non-hydrogen) atoms. The largest absolute Gasteiger partial charge is 0.493 e. The lowest BCUT2D eigenvalue weighted by Crippen LogP contribution is -2.36. The fourth-order valence-corrected chi connectivity index (χ4v) is 3.55. The van der Waals surface area contributed by atoms with Gasteiger partial charge in [0.1, 0.15) is 5.75 Å². The van der Waals surface area contributed by atoms with Gasteiger partial charge >= 0.3 is 5.97 Å². The summed E-state index contributed by atoms with van der Waals surface area (Å²) in [6.45, 7) is 3.29. The van der Waals surface area contributed by atoms with Crippen LogP contribution < -0.4 is 4.74 Å². The molecule has 3 rings (SSSR count). The second-order valence-corrected chi connectivity index (χ2v) is 8.34. The van der Waals surface area contributed by atoms with Crippen LogP contribution in [0.4, 0.5) is 0 Å². The Balaban J connectivity index is 1.72. The maximum atomic E-state index is 13.5. The molecule has 178 valence electrons. The van der Waals surface area contributed by atoms with Crippen LogP contribution in [-0.4, -0.2) is 39.5 Å². The van der Waals surface area contributed by atoms with E-state index in [4.69, 9.17) is 11.2 Å². The number of carboxylic acid groups (broad SMARTS) is 1. The molecule has 1 heterocycles. The minimum Gasteiger partial charge on any atom is -0.493 e. The Morgan fingerprint density at radius 1 is 0.971 bits per heavy atom. The number of nitrogens with zero attached hydrogens (tertiary/aromatic N) is 2. The molecular formula is C28H32N2O4. The number of amides is 1. The van der Waals surface area contributed by atoms with Crippen molar-refractivity contribution in [2.24, 2.45) is 0 Å². The number of carbonyl (C=O) groups is 2. The third-order valence-corrected chi connectivity index (χ3v) is 5.43. The van der Waals surface area contributed by atoms with Crippen molar-refractivity contribution in [2.45, 2.75) is 52.1 Å². The SMILES string of the molecule is [2H]C(c1ccccc1OCCCCCC(=O)O)N(C(=O)c1ccc(-c2ccncc2)cc1)C(C)C. The van der Waals surface area contributed by atoms with Gasteiger partial charge in [0, 0.05) is 42.5 Å². The summed E-state index contributed by atoms with van der Waals surface area (Å²) in [5.74, 6) is -0.444. The summed E-state index contributed by atoms with van der Waals surface area (Å²) in [6.07, 6.45) is 5.70. The molecule has 0 bridgehead atoms. The van der Waals surface area contributed by atoms with Crippen LogP contribution in [0.3, 0.4) is 0 Å². The molecule has 0 fully saturated rings. The first-order valence-corrected chi connectivity index (χ1v) is 11.6. The van der Waals surface area contributed by atoms with E-state index in [2.05, 4.69) is 4.98 Å². The molecule has 1 aromatic heterocycles. The van der Waals surface area contributed by atoms with E-state index >= 15 is 0 Å². The van der Waals surface area contributed by atoms with Gasteiger partial charge in [-0.25, -0.2) is 0 Å². The Morgan fingerprint density at radius 2 is 1.65 bits per heavy atom. The number of ether oxygens (including phenoxy) is 1. The molecule has 1 atom stereocenters. The van der Waals surface area contributed by atoms with Gasteiger partial charge in [0.2, 0.25) is 0 Å². The maximum Gasteiger partial charge on any atom is 0.303 e. The molecule has 3 aromatic rings. The lowest BCUT2D eigenvalue weighted by molar-refractivity contribution is -0.137. The summed E-state index contributed by atoms with van der Waals surface area (Å²) >= 11 is 0. The number of hydrogen-bond acceptors (Lipinski definition) is 4. The fourth-order valence-electron chi connectivity index (χ4n) is 3.55. The number of carbonyl (C=O) groups excluding carboxylic acids is 1. The Hall–Kier alpha value is -3.67. The zero-order valence-electron chi connectivity index (χ0n) is 20.7. The van der Waals surface area contributed by atoms with Gasteiger partial charge in [-0.3, -0.25) is 14.6 Å². The molecule has 0 aliphatic rings. The zero-order valence-corrected chi connectivity index (χ0v) is 19.7. The maximum absolute atomic E-state index is 13.5. The molecule has 0 radical (unpaired) electrons. The molecule has 0 saturated heterocycles. The summed E-state index contributed by atoms with van der Waals surface area (Å²) < 4.78 is 14.9. The number of pyridine rings is 1. The predicted molar refractivity (Wildman–Crippen MR) is 133 cm³/mol. The van der Waals surface area contributed by atoms with Crippen molar-refractivity contribution in [3.63, 3.8) is 0 Å². The normalized spacial score (nSPS) is 12.1. The molecule has 6 nitrogen and oxygen atoms in total. The minimum absolute atomic E-state index is 0.153. The van der Waals surface area contributed by atoms with Crippen LogP contribution >= 0.6 is 0 Å². The molecule has 1 unspecified atom stereocenters. The number of hydrogen-bond donors (Lipinski definition) is 1. The first kappa shape index (κ1) is 23.5. The van der Waals surface area contributed by atoms with Crippen molar-refractivity contribution in [3.8, 4) is 16.9 Å². The van der Waals surface area contributed by atoms with Crippen molar-refractivity contribution in [1.29, 1.82) is 0 Å². The lowest BCUT2D eigenvalue weighted by atomic mass is 10.0. The van der Waals surface area contributed by atoms with E-state index in [1.807, 2.05) is 56.3 Å². The number of para-hydroxylation sites is 1. The minimum atomic E-state index is -0.939. The van der Waals surface area contributed by atoms with Gasteiger partial charge in [0.25, 0.3) is 5.91 Å². The Labute approximate surface area is 202 Å². The highest BCUT2D eigenvalue weighted by atomic mass is 16.5. The summed E-state index contributed by atoms with van der Waals surface area (Å²) in [5.41, 5.74) is 3.15. The zero-order chi connectivity index (χ0) is 25.2. The van der Waals surface area contributed by atoms with Crippen LogP contribution in [0.25, 0.3) is 11.1 Å². The fraction of sp³-hybridized carbons (Fsp3) is 0.321. The number of unbranched alkanes of at least 4 members (excludes halogenated alkanes) is 2. The Kier molecular flexibility index (Phi) is 8.66. The van der Waals surface area contributed by atoms with E-state index < -0.39 is 12.5 Å². The predicted octanol–water partition coefficient (Wildman–Crippen LogP) is 5.82. The second kappa shape index (κ2) is 12.5. The summed E-state index contributed by atoms with van der Waals surface area (Å²) in [6, 6.07) is 18.3. The molecule has 6 heteroatoms. The summed E-state index contributed by atoms with van der Waals surface area (Å²) in [4.78, 5) is 29.7. The molecule has 2 aromatic carbocycles. The van der Waals surface area contributed by atoms with Crippen molar-refractivity contribution >= 4 is 11.9 Å². The third kappa shape index (κ3) is 7.17. The topological polar surface area (TPSA) is 79.7 Å². The van der Waals surface area contributed by atoms with Crippen LogP contribution in [-0.2, 0) is 11.3 Å². The van der Waals surface area contributed by atoms with E-state index in [1.165, 1.54) is 0 Å². The molecular weight excluding hydrogens is 428 g/mol. The summed E-state index contributed by atoms with van der Waals surface area (Å²) in [7, 11) is 0. The summed E-state index contributed by atoms with van der Waals surface area (Å²) in [5, 5.41) is 8.75. The smallest absolute Gasteiger partial charge is 0.303 e. The molecule has 0 spiro atoms. The van der Waals surface area contributed by atoms with Gasteiger partial charge < -0.3 is 14.7 Å². The van der Waals surface area contributed by atoms with Crippen molar-refractivity contribution < 1.29 is 20.8 Å². The third-order valence-electron chi connectivity index (χ3n) is 5.43. The van der Waals surface area contributed by atoms with E-state index in [9.17, 15) is 9.59 Å². The highest BCUT2D eigenvalue weighted by Gasteiger charge is 2.20. The average molecular weight is 462 g/mol. The van der Waals surface area contributed by atoms with E-state index in [0.29, 0.717) is 29.9 Å². The van der Waals surface area contributed by atoms with Crippen LogP contribution in [0, 0.1) is 0 Å². The highest BCUT2D eigenvalue weighted by Crippen LogP contribution is 2.24. The Morgan fingerprint density at radius 3 is 2.32 bits per heavy atom. The highest BCUT2D eigenvalue weighted by molar-refractivity contribution is 5.95. The second-order valence-electron chi connectivity index (χ2n) is 8.34. The van der Waals surface area contributed by atoms with Gasteiger partial charge in [0.05, 0.1) is 7.98 Å². The van der Waals surface area contributed by atoms with Crippen molar-refractivity contribution in [2.75, 3.05) is 6.61 Å². The first-order chi connectivity index (χ1) is 16.9. The standard InChI is InChI=1S/C28H32N2O4/c1-21(2)30(28(33)24-13-11-22(12-14-24)23-15-17-29-18-16-23)20-25-8-5-6-9-26(25)34-19-7-3-4-10-27(31)32/h5-6,8-9,11-18,21H,3-4,7,10,19-20H2,1-2H3,(H,31,32)/i20D.